The average molecular weight is 353 g/mol. The number of nitrogens with zero attached hydrogens (tertiary/aromatic N) is 2. The van der Waals surface area contributed by atoms with E-state index in [9.17, 15) is 9.00 Å². The Morgan fingerprint density at radius 1 is 1.12 bits per heavy atom. The second-order valence-corrected chi connectivity index (χ2v) is 7.16. The number of hydrogen-bond donors (Lipinski definition) is 1. The van der Waals surface area contributed by atoms with Crippen LogP contribution in [0.2, 0.25) is 0 Å². The molecule has 1 amide bonds. The number of benzene rings is 2. The summed E-state index contributed by atoms with van der Waals surface area (Å²) in [6, 6.07) is 17.0. The predicted molar refractivity (Wildman–Crippen MR) is 98.9 cm³/mol. The van der Waals surface area contributed by atoms with Crippen molar-refractivity contribution in [2.45, 2.75) is 12.3 Å². The zero-order valence-electron chi connectivity index (χ0n) is 13.9. The van der Waals surface area contributed by atoms with Crippen molar-refractivity contribution in [1.29, 1.82) is 0 Å². The van der Waals surface area contributed by atoms with Gasteiger partial charge in [0.05, 0.1) is 11.9 Å². The highest BCUT2D eigenvalue weighted by atomic mass is 32.2. The van der Waals surface area contributed by atoms with Gasteiger partial charge in [-0.15, -0.1) is 0 Å². The van der Waals surface area contributed by atoms with Crippen molar-refractivity contribution in [3.8, 4) is 5.69 Å². The molecule has 1 heterocycles. The number of carbonyl (C=O) groups is 1. The fourth-order valence-corrected chi connectivity index (χ4v) is 3.14. The second kappa shape index (κ2) is 7.90. The fourth-order valence-electron chi connectivity index (χ4n) is 2.49. The van der Waals surface area contributed by atoms with E-state index in [4.69, 9.17) is 0 Å². The van der Waals surface area contributed by atoms with Gasteiger partial charge in [-0.25, -0.2) is 4.68 Å². The molecule has 3 aromatic rings. The van der Waals surface area contributed by atoms with Gasteiger partial charge in [0.25, 0.3) is 5.91 Å². The quantitative estimate of drug-likeness (QED) is 0.741. The molecule has 2 aromatic carbocycles. The molecule has 1 N–H and O–H groups in total. The first kappa shape index (κ1) is 17.1. The van der Waals surface area contributed by atoms with Gasteiger partial charge in [0.2, 0.25) is 0 Å². The van der Waals surface area contributed by atoms with Gasteiger partial charge in [-0.05, 0) is 29.8 Å². The van der Waals surface area contributed by atoms with Gasteiger partial charge in [0.1, 0.15) is 0 Å². The predicted octanol–water partition coefficient (Wildman–Crippen LogP) is 2.68. The molecule has 0 aliphatic heterocycles. The lowest BCUT2D eigenvalue weighted by Gasteiger charge is -2.06. The van der Waals surface area contributed by atoms with Gasteiger partial charge in [0.15, 0.2) is 0 Å². The van der Waals surface area contributed by atoms with Crippen LogP contribution in [0.15, 0.2) is 67.0 Å². The molecule has 3 rings (SSSR count). The Balaban J connectivity index is 1.63. The van der Waals surface area contributed by atoms with Crippen LogP contribution in [0.1, 0.15) is 21.5 Å². The van der Waals surface area contributed by atoms with Gasteiger partial charge >= 0.3 is 0 Å². The summed E-state index contributed by atoms with van der Waals surface area (Å²) in [5.74, 6) is 0.293. The summed E-state index contributed by atoms with van der Waals surface area (Å²) < 4.78 is 13.1. The molecule has 5 nitrogen and oxygen atoms in total. The third kappa shape index (κ3) is 4.64. The van der Waals surface area contributed by atoms with E-state index in [1.165, 1.54) is 0 Å². The Bertz CT molecular complexity index is 890. The number of nitrogens with one attached hydrogen (secondary N) is 1. The van der Waals surface area contributed by atoms with Crippen LogP contribution >= 0.6 is 0 Å². The number of carbonyl (C=O) groups excluding carboxylic acids is 1. The summed E-state index contributed by atoms with van der Waals surface area (Å²) in [4.78, 5) is 12.3. The van der Waals surface area contributed by atoms with Crippen molar-refractivity contribution < 1.29 is 9.00 Å². The van der Waals surface area contributed by atoms with E-state index < -0.39 is 10.8 Å². The van der Waals surface area contributed by atoms with Crippen molar-refractivity contribution in [2.24, 2.45) is 0 Å². The molecule has 0 spiro atoms. The first-order chi connectivity index (χ1) is 12.1. The molecule has 1 aromatic heterocycles. The summed E-state index contributed by atoms with van der Waals surface area (Å²) in [6.45, 7) is 0.398. The van der Waals surface area contributed by atoms with Crippen LogP contribution in [0.25, 0.3) is 5.69 Å². The smallest absolute Gasteiger partial charge is 0.251 e. The SMILES string of the molecule is CS(=O)Cc1cccc(C(=O)NCc2cnn(-c3ccccc3)c2)c1. The highest BCUT2D eigenvalue weighted by Crippen LogP contribution is 2.09. The highest BCUT2D eigenvalue weighted by Gasteiger charge is 2.08. The minimum absolute atomic E-state index is 0.156. The van der Waals surface area contributed by atoms with Gasteiger partial charge < -0.3 is 5.32 Å². The van der Waals surface area contributed by atoms with Crippen molar-refractivity contribution in [3.63, 3.8) is 0 Å². The molecule has 0 saturated carbocycles. The molecule has 0 radical (unpaired) electrons. The molecule has 0 bridgehead atoms. The van der Waals surface area contributed by atoms with Gasteiger partial charge in [0, 0.05) is 46.7 Å². The zero-order chi connectivity index (χ0) is 17.6. The van der Waals surface area contributed by atoms with E-state index in [1.54, 1.807) is 29.3 Å². The van der Waals surface area contributed by atoms with Crippen LogP contribution in [0.4, 0.5) is 0 Å². The van der Waals surface area contributed by atoms with Crippen LogP contribution in [-0.2, 0) is 23.1 Å². The first-order valence-corrected chi connectivity index (χ1v) is 9.60. The van der Waals surface area contributed by atoms with E-state index in [0.717, 1.165) is 16.8 Å². The zero-order valence-corrected chi connectivity index (χ0v) is 14.7. The molecule has 1 atom stereocenters. The monoisotopic (exact) mass is 353 g/mol. The Morgan fingerprint density at radius 3 is 2.68 bits per heavy atom. The Morgan fingerprint density at radius 2 is 1.92 bits per heavy atom. The van der Waals surface area contributed by atoms with Crippen LogP contribution in [-0.4, -0.2) is 26.2 Å². The standard InChI is InChI=1S/C19H19N3O2S/c1-25(24)14-15-6-5-7-17(10-15)19(23)20-11-16-12-21-22(13-16)18-8-3-2-4-9-18/h2-10,12-13H,11,14H2,1H3,(H,20,23). The lowest BCUT2D eigenvalue weighted by Crippen LogP contribution is -2.22. The summed E-state index contributed by atoms with van der Waals surface area (Å²) >= 11 is 0. The van der Waals surface area contributed by atoms with Gasteiger partial charge in [-0.1, -0.05) is 30.3 Å². The van der Waals surface area contributed by atoms with Crippen LogP contribution in [0.5, 0.6) is 0 Å². The fraction of sp³-hybridized carbons (Fsp3) is 0.158. The molecule has 25 heavy (non-hydrogen) atoms. The maximum Gasteiger partial charge on any atom is 0.251 e. The molecular formula is C19H19N3O2S. The van der Waals surface area contributed by atoms with Crippen molar-refractivity contribution in [2.75, 3.05) is 6.26 Å². The van der Waals surface area contributed by atoms with Crippen LogP contribution < -0.4 is 5.32 Å². The van der Waals surface area contributed by atoms with Gasteiger partial charge in [-0.3, -0.25) is 9.00 Å². The molecule has 128 valence electrons. The number of rotatable bonds is 6. The molecule has 0 aliphatic rings. The molecule has 0 saturated heterocycles. The highest BCUT2D eigenvalue weighted by molar-refractivity contribution is 7.83. The largest absolute Gasteiger partial charge is 0.348 e. The maximum atomic E-state index is 12.3. The van der Waals surface area contributed by atoms with Crippen molar-refractivity contribution >= 4 is 16.7 Å². The number of para-hydroxylation sites is 1. The average Bonchev–Trinajstić information content (AvgIpc) is 3.09. The Labute approximate surface area is 149 Å². The van der Waals surface area contributed by atoms with E-state index in [2.05, 4.69) is 10.4 Å². The topological polar surface area (TPSA) is 64.0 Å². The van der Waals surface area contributed by atoms with Crippen molar-refractivity contribution in [1.82, 2.24) is 15.1 Å². The molecule has 0 aliphatic carbocycles. The van der Waals surface area contributed by atoms with E-state index in [1.807, 2.05) is 48.7 Å². The first-order valence-electron chi connectivity index (χ1n) is 7.88. The number of hydrogen-bond acceptors (Lipinski definition) is 3. The summed E-state index contributed by atoms with van der Waals surface area (Å²) in [7, 11) is -0.930. The molecular weight excluding hydrogens is 334 g/mol. The minimum atomic E-state index is -0.930. The number of amides is 1. The van der Waals surface area contributed by atoms with Crippen LogP contribution in [0, 0.1) is 0 Å². The molecule has 1 unspecified atom stereocenters. The van der Waals surface area contributed by atoms with E-state index in [-0.39, 0.29) is 5.91 Å². The normalized spacial score (nSPS) is 11.9. The van der Waals surface area contributed by atoms with E-state index >= 15 is 0 Å². The third-order valence-electron chi connectivity index (χ3n) is 3.67. The Kier molecular flexibility index (Phi) is 5.40. The lowest BCUT2D eigenvalue weighted by atomic mass is 10.1. The maximum absolute atomic E-state index is 12.3. The van der Waals surface area contributed by atoms with Crippen molar-refractivity contribution in [3.05, 3.63) is 83.7 Å². The lowest BCUT2D eigenvalue weighted by molar-refractivity contribution is 0.0951. The number of aromatic nitrogens is 2. The third-order valence-corrected chi connectivity index (χ3v) is 4.41. The molecule has 0 fully saturated rings. The summed E-state index contributed by atoms with van der Waals surface area (Å²) in [5, 5.41) is 7.21. The minimum Gasteiger partial charge on any atom is -0.348 e. The van der Waals surface area contributed by atoms with Gasteiger partial charge in [-0.2, -0.15) is 5.10 Å². The summed E-state index contributed by atoms with van der Waals surface area (Å²) in [6.07, 6.45) is 5.29. The second-order valence-electron chi connectivity index (χ2n) is 5.73. The van der Waals surface area contributed by atoms with Crippen LogP contribution in [0.3, 0.4) is 0 Å². The molecule has 6 heteroatoms. The summed E-state index contributed by atoms with van der Waals surface area (Å²) in [5.41, 5.74) is 3.35. The Hall–Kier alpha value is -2.73. The van der Waals surface area contributed by atoms with E-state index in [0.29, 0.717) is 17.9 Å².